The summed E-state index contributed by atoms with van der Waals surface area (Å²) in [4.78, 5) is 2.48. The van der Waals surface area contributed by atoms with Crippen LogP contribution in [0.25, 0.3) is 0 Å². The van der Waals surface area contributed by atoms with Crippen LogP contribution in [0.15, 0.2) is 18.2 Å². The van der Waals surface area contributed by atoms with E-state index in [1.165, 1.54) is 36.8 Å². The fourth-order valence-electron chi connectivity index (χ4n) is 3.25. The molecule has 112 valence electrons. The van der Waals surface area contributed by atoms with E-state index < -0.39 is 6.10 Å². The highest BCUT2D eigenvalue weighted by Crippen LogP contribution is 2.34. The first kappa shape index (κ1) is 15.5. The van der Waals surface area contributed by atoms with Crippen LogP contribution in [0.1, 0.15) is 62.3 Å². The van der Waals surface area contributed by atoms with Crippen molar-refractivity contribution in [2.24, 2.45) is 0 Å². The van der Waals surface area contributed by atoms with E-state index in [4.69, 9.17) is 0 Å². The summed E-state index contributed by atoms with van der Waals surface area (Å²) in [5.41, 5.74) is 3.28. The van der Waals surface area contributed by atoms with Crippen molar-refractivity contribution < 1.29 is 5.11 Å². The van der Waals surface area contributed by atoms with Gasteiger partial charge in [0, 0.05) is 5.54 Å². The summed E-state index contributed by atoms with van der Waals surface area (Å²) in [6.07, 6.45) is 4.73. The topological polar surface area (TPSA) is 23.5 Å². The Morgan fingerprint density at radius 3 is 2.25 bits per heavy atom. The van der Waals surface area contributed by atoms with Gasteiger partial charge in [0.1, 0.15) is 0 Å². The minimum Gasteiger partial charge on any atom is -0.386 e. The third-order valence-electron chi connectivity index (χ3n) is 4.82. The van der Waals surface area contributed by atoms with Crippen LogP contribution in [0.5, 0.6) is 0 Å². The Kier molecular flexibility index (Phi) is 4.87. The molecule has 1 aliphatic rings. The van der Waals surface area contributed by atoms with Gasteiger partial charge in [-0.15, -0.1) is 0 Å². The van der Waals surface area contributed by atoms with Gasteiger partial charge in [-0.3, -0.25) is 4.90 Å². The van der Waals surface area contributed by atoms with Gasteiger partial charge in [-0.2, -0.15) is 0 Å². The van der Waals surface area contributed by atoms with Gasteiger partial charge in [0.2, 0.25) is 0 Å². The Bertz CT molecular complexity index is 445. The molecule has 0 spiro atoms. The lowest BCUT2D eigenvalue weighted by Crippen LogP contribution is -2.49. The molecule has 2 nitrogen and oxygen atoms in total. The standard InChI is InChI=1S/C18H29NO/c1-14-9-10-15(2)16(13-14)17(20)18(3,4)19-11-7-5-6-8-12-19/h9-10,13,17,20H,5-8,11-12H2,1-4H3. The Morgan fingerprint density at radius 1 is 1.05 bits per heavy atom. The zero-order chi connectivity index (χ0) is 14.8. The molecule has 1 N–H and O–H groups in total. The van der Waals surface area contributed by atoms with E-state index >= 15 is 0 Å². The Hall–Kier alpha value is -0.860. The summed E-state index contributed by atoms with van der Waals surface area (Å²) < 4.78 is 0. The van der Waals surface area contributed by atoms with E-state index in [0.29, 0.717) is 0 Å². The highest BCUT2D eigenvalue weighted by atomic mass is 16.3. The molecule has 20 heavy (non-hydrogen) atoms. The van der Waals surface area contributed by atoms with Gasteiger partial charge >= 0.3 is 0 Å². The second-order valence-electron chi connectivity index (χ2n) is 6.82. The van der Waals surface area contributed by atoms with Gasteiger partial charge in [-0.05, 0) is 64.8 Å². The Balaban J connectivity index is 2.24. The predicted molar refractivity (Wildman–Crippen MR) is 85.0 cm³/mol. The number of rotatable bonds is 3. The number of hydrogen-bond acceptors (Lipinski definition) is 2. The number of hydrogen-bond donors (Lipinski definition) is 1. The predicted octanol–water partition coefficient (Wildman–Crippen LogP) is 3.99. The average Bonchev–Trinajstić information content (AvgIpc) is 2.70. The first-order valence-electron chi connectivity index (χ1n) is 7.93. The molecule has 1 fully saturated rings. The minimum atomic E-state index is -0.430. The van der Waals surface area contributed by atoms with Gasteiger partial charge in [0.15, 0.2) is 0 Å². The normalized spacial score (nSPS) is 19.6. The van der Waals surface area contributed by atoms with Gasteiger partial charge in [0.05, 0.1) is 6.10 Å². The molecule has 1 atom stereocenters. The fraction of sp³-hybridized carbons (Fsp3) is 0.667. The number of likely N-dealkylation sites (tertiary alicyclic amines) is 1. The Morgan fingerprint density at radius 2 is 1.65 bits per heavy atom. The first-order chi connectivity index (χ1) is 9.43. The van der Waals surface area contributed by atoms with E-state index in [9.17, 15) is 5.11 Å². The van der Waals surface area contributed by atoms with Crippen molar-refractivity contribution in [2.45, 2.75) is 65.0 Å². The van der Waals surface area contributed by atoms with E-state index in [-0.39, 0.29) is 5.54 Å². The van der Waals surface area contributed by atoms with Crippen LogP contribution in [0.3, 0.4) is 0 Å². The minimum absolute atomic E-state index is 0.205. The van der Waals surface area contributed by atoms with E-state index in [1.807, 2.05) is 0 Å². The quantitative estimate of drug-likeness (QED) is 0.901. The van der Waals surface area contributed by atoms with Crippen molar-refractivity contribution in [3.8, 4) is 0 Å². The summed E-state index contributed by atoms with van der Waals surface area (Å²) in [5.74, 6) is 0. The van der Waals surface area contributed by atoms with Crippen LogP contribution < -0.4 is 0 Å². The maximum absolute atomic E-state index is 11.0. The van der Waals surface area contributed by atoms with Gasteiger partial charge in [0.25, 0.3) is 0 Å². The summed E-state index contributed by atoms with van der Waals surface area (Å²) in [6.45, 7) is 10.8. The van der Waals surface area contributed by atoms with Crippen LogP contribution in [-0.4, -0.2) is 28.6 Å². The second-order valence-corrected chi connectivity index (χ2v) is 6.82. The van der Waals surface area contributed by atoms with Crippen LogP contribution >= 0.6 is 0 Å². The van der Waals surface area contributed by atoms with Crippen LogP contribution in [0.2, 0.25) is 0 Å². The lowest BCUT2D eigenvalue weighted by atomic mass is 9.86. The number of aryl methyl sites for hydroxylation is 2. The molecule has 0 bridgehead atoms. The van der Waals surface area contributed by atoms with Crippen molar-refractivity contribution in [2.75, 3.05) is 13.1 Å². The third kappa shape index (κ3) is 3.24. The van der Waals surface area contributed by atoms with Crippen LogP contribution in [0.4, 0.5) is 0 Å². The lowest BCUT2D eigenvalue weighted by molar-refractivity contribution is -0.0103. The number of aliphatic hydroxyl groups is 1. The number of aliphatic hydroxyl groups excluding tert-OH is 1. The highest BCUT2D eigenvalue weighted by molar-refractivity contribution is 5.33. The molecule has 0 saturated carbocycles. The largest absolute Gasteiger partial charge is 0.386 e. The van der Waals surface area contributed by atoms with Crippen LogP contribution in [0, 0.1) is 13.8 Å². The van der Waals surface area contributed by atoms with Crippen molar-refractivity contribution in [3.05, 3.63) is 34.9 Å². The highest BCUT2D eigenvalue weighted by Gasteiger charge is 2.36. The summed E-state index contributed by atoms with van der Waals surface area (Å²) in [5, 5.41) is 11.0. The molecule has 1 saturated heterocycles. The van der Waals surface area contributed by atoms with Gasteiger partial charge in [-0.25, -0.2) is 0 Å². The monoisotopic (exact) mass is 275 g/mol. The Labute approximate surface area is 123 Å². The molecule has 0 radical (unpaired) electrons. The molecule has 1 unspecified atom stereocenters. The molecule has 0 aliphatic carbocycles. The average molecular weight is 275 g/mol. The molecule has 1 heterocycles. The van der Waals surface area contributed by atoms with E-state index in [1.54, 1.807) is 0 Å². The smallest absolute Gasteiger partial charge is 0.0970 e. The first-order valence-corrected chi connectivity index (χ1v) is 7.93. The summed E-state index contributed by atoms with van der Waals surface area (Å²) in [7, 11) is 0. The second kappa shape index (κ2) is 6.28. The van der Waals surface area contributed by atoms with Crippen molar-refractivity contribution in [1.29, 1.82) is 0 Å². The van der Waals surface area contributed by atoms with Crippen LogP contribution in [-0.2, 0) is 0 Å². The molecule has 0 amide bonds. The van der Waals surface area contributed by atoms with Crippen molar-refractivity contribution >= 4 is 0 Å². The number of nitrogens with zero attached hydrogens (tertiary/aromatic N) is 1. The molecule has 1 aromatic carbocycles. The zero-order valence-electron chi connectivity index (χ0n) is 13.4. The molecule has 0 aromatic heterocycles. The molecule has 2 rings (SSSR count). The fourth-order valence-corrected chi connectivity index (χ4v) is 3.25. The maximum atomic E-state index is 11.0. The van der Waals surface area contributed by atoms with Crippen molar-refractivity contribution in [3.63, 3.8) is 0 Å². The zero-order valence-corrected chi connectivity index (χ0v) is 13.4. The maximum Gasteiger partial charge on any atom is 0.0970 e. The number of benzene rings is 1. The molecule has 2 heteroatoms. The van der Waals surface area contributed by atoms with E-state index in [0.717, 1.165) is 18.7 Å². The molecule has 1 aromatic rings. The molecular formula is C18H29NO. The van der Waals surface area contributed by atoms with Crippen molar-refractivity contribution in [1.82, 2.24) is 4.90 Å². The lowest BCUT2D eigenvalue weighted by Gasteiger charge is -2.42. The summed E-state index contributed by atoms with van der Waals surface area (Å²) in [6, 6.07) is 6.37. The molecule has 1 aliphatic heterocycles. The third-order valence-corrected chi connectivity index (χ3v) is 4.82. The van der Waals surface area contributed by atoms with E-state index in [2.05, 4.69) is 50.8 Å². The summed E-state index contributed by atoms with van der Waals surface area (Å²) >= 11 is 0. The van der Waals surface area contributed by atoms with Gasteiger partial charge < -0.3 is 5.11 Å². The van der Waals surface area contributed by atoms with Gasteiger partial charge in [-0.1, -0.05) is 36.6 Å². The molecular weight excluding hydrogens is 246 g/mol. The SMILES string of the molecule is Cc1ccc(C)c(C(O)C(C)(C)N2CCCCCC2)c1.